The van der Waals surface area contributed by atoms with E-state index in [0.717, 1.165) is 42.2 Å². The molecule has 2 aromatic rings. The molecule has 0 saturated heterocycles. The molecule has 0 aliphatic carbocycles. The molecule has 2 heterocycles. The van der Waals surface area contributed by atoms with Crippen LogP contribution in [0, 0.1) is 0 Å². The highest BCUT2D eigenvalue weighted by Gasteiger charge is 2.26. The SMILES string of the molecule is C=C(c1nc(C(=O)NC(CC)CC)sc1/N=C\C)N1CCc2ccccc21. The van der Waals surface area contributed by atoms with Crippen molar-refractivity contribution in [1.29, 1.82) is 0 Å². The van der Waals surface area contributed by atoms with Crippen LogP contribution in [-0.2, 0) is 6.42 Å². The van der Waals surface area contributed by atoms with Crippen LogP contribution < -0.4 is 10.2 Å². The van der Waals surface area contributed by atoms with E-state index in [1.54, 1.807) is 6.21 Å². The van der Waals surface area contributed by atoms with Crippen LogP contribution in [0.5, 0.6) is 0 Å². The number of hydrogen-bond donors (Lipinski definition) is 1. The Balaban J connectivity index is 1.90. The summed E-state index contributed by atoms with van der Waals surface area (Å²) in [6.07, 6.45) is 4.51. The van der Waals surface area contributed by atoms with Gasteiger partial charge in [0.15, 0.2) is 5.01 Å². The van der Waals surface area contributed by atoms with Crippen molar-refractivity contribution in [2.24, 2.45) is 4.99 Å². The number of amides is 1. The summed E-state index contributed by atoms with van der Waals surface area (Å²) in [5, 5.41) is 4.21. The van der Waals surface area contributed by atoms with Crippen molar-refractivity contribution < 1.29 is 4.79 Å². The Morgan fingerprint density at radius 2 is 2.15 bits per heavy atom. The van der Waals surface area contributed by atoms with E-state index in [1.807, 2.05) is 13.0 Å². The highest BCUT2D eigenvalue weighted by atomic mass is 32.1. The van der Waals surface area contributed by atoms with Crippen LogP contribution in [0.4, 0.5) is 10.7 Å². The predicted molar refractivity (Wildman–Crippen MR) is 114 cm³/mol. The van der Waals surface area contributed by atoms with Gasteiger partial charge < -0.3 is 10.2 Å². The Morgan fingerprint density at radius 1 is 1.41 bits per heavy atom. The van der Waals surface area contributed by atoms with Crippen molar-refractivity contribution in [3.05, 3.63) is 47.1 Å². The number of thiazole rings is 1. The summed E-state index contributed by atoms with van der Waals surface area (Å²) in [5.41, 5.74) is 3.94. The van der Waals surface area contributed by atoms with Crippen LogP contribution in [0.25, 0.3) is 5.70 Å². The number of carbonyl (C=O) groups excluding carboxylic acids is 1. The van der Waals surface area contributed by atoms with E-state index in [0.29, 0.717) is 10.7 Å². The molecule has 0 fully saturated rings. The average molecular weight is 383 g/mol. The van der Waals surface area contributed by atoms with Crippen molar-refractivity contribution in [1.82, 2.24) is 10.3 Å². The van der Waals surface area contributed by atoms with Gasteiger partial charge in [-0.3, -0.25) is 4.79 Å². The molecule has 142 valence electrons. The first kappa shape index (κ1) is 19.3. The third kappa shape index (κ3) is 3.95. The maximum atomic E-state index is 12.6. The molecule has 0 radical (unpaired) electrons. The minimum atomic E-state index is -0.137. The molecule has 5 nitrogen and oxygen atoms in total. The van der Waals surface area contributed by atoms with Gasteiger partial charge in [-0.1, -0.05) is 50.0 Å². The number of benzene rings is 1. The molecular weight excluding hydrogens is 356 g/mol. The zero-order valence-corrected chi connectivity index (χ0v) is 17.0. The molecule has 1 aromatic heterocycles. The smallest absolute Gasteiger partial charge is 0.280 e. The average Bonchev–Trinajstić information content (AvgIpc) is 3.30. The highest BCUT2D eigenvalue weighted by Crippen LogP contribution is 2.38. The quantitative estimate of drug-likeness (QED) is 0.699. The lowest BCUT2D eigenvalue weighted by molar-refractivity contribution is 0.0934. The first-order valence-electron chi connectivity index (χ1n) is 9.44. The lowest BCUT2D eigenvalue weighted by Gasteiger charge is -2.21. The molecule has 0 atom stereocenters. The number of nitrogens with one attached hydrogen (secondary N) is 1. The third-order valence-corrected chi connectivity index (χ3v) is 5.82. The summed E-state index contributed by atoms with van der Waals surface area (Å²) in [7, 11) is 0. The van der Waals surface area contributed by atoms with Gasteiger partial charge in [-0.25, -0.2) is 9.98 Å². The van der Waals surface area contributed by atoms with Crippen molar-refractivity contribution in [2.45, 2.75) is 46.1 Å². The summed E-state index contributed by atoms with van der Waals surface area (Å²) in [4.78, 5) is 23.9. The molecule has 0 spiro atoms. The summed E-state index contributed by atoms with van der Waals surface area (Å²) in [6, 6.07) is 8.50. The fraction of sp³-hybridized carbons (Fsp3) is 0.381. The van der Waals surface area contributed by atoms with E-state index in [-0.39, 0.29) is 11.9 Å². The topological polar surface area (TPSA) is 57.6 Å². The molecule has 1 aliphatic rings. The first-order chi connectivity index (χ1) is 13.1. The predicted octanol–water partition coefficient (Wildman–Crippen LogP) is 4.82. The van der Waals surface area contributed by atoms with Crippen LogP contribution in [0.3, 0.4) is 0 Å². The van der Waals surface area contributed by atoms with E-state index < -0.39 is 0 Å². The Hall–Kier alpha value is -2.47. The molecule has 0 saturated carbocycles. The van der Waals surface area contributed by atoms with E-state index in [4.69, 9.17) is 0 Å². The standard InChI is InChI=1S/C21H26N4OS/c1-5-16(6-2)23-19(26)21-24-18(20(27-21)22-7-3)14(4)25-13-12-15-10-8-9-11-17(15)25/h7-11,16H,4-6,12-13H2,1-3H3,(H,23,26)/b22-7-. The van der Waals surface area contributed by atoms with Crippen LogP contribution in [0.15, 0.2) is 35.8 Å². The van der Waals surface area contributed by atoms with Crippen molar-refractivity contribution >= 4 is 39.8 Å². The van der Waals surface area contributed by atoms with Gasteiger partial charge in [0.1, 0.15) is 10.7 Å². The third-order valence-electron chi connectivity index (χ3n) is 4.86. The maximum Gasteiger partial charge on any atom is 0.280 e. The number of anilines is 1. The van der Waals surface area contributed by atoms with E-state index >= 15 is 0 Å². The summed E-state index contributed by atoms with van der Waals surface area (Å²) < 4.78 is 0. The van der Waals surface area contributed by atoms with E-state index in [1.165, 1.54) is 16.9 Å². The van der Waals surface area contributed by atoms with E-state index in [9.17, 15) is 4.79 Å². The molecule has 1 amide bonds. The van der Waals surface area contributed by atoms with Crippen LogP contribution >= 0.6 is 11.3 Å². The van der Waals surface area contributed by atoms with Gasteiger partial charge in [0.2, 0.25) is 0 Å². The van der Waals surface area contributed by atoms with Gasteiger partial charge in [0, 0.05) is 24.5 Å². The second-order valence-corrected chi connectivity index (χ2v) is 7.50. The molecule has 1 aliphatic heterocycles. The minimum absolute atomic E-state index is 0.137. The minimum Gasteiger partial charge on any atom is -0.347 e. The molecule has 0 bridgehead atoms. The first-order valence-corrected chi connectivity index (χ1v) is 10.3. The Bertz CT molecular complexity index is 867. The van der Waals surface area contributed by atoms with E-state index in [2.05, 4.69) is 58.8 Å². The lowest BCUT2D eigenvalue weighted by Crippen LogP contribution is -2.33. The number of rotatable bonds is 7. The van der Waals surface area contributed by atoms with Crippen molar-refractivity contribution in [3.8, 4) is 0 Å². The number of fused-ring (bicyclic) bond motifs is 1. The van der Waals surface area contributed by atoms with Gasteiger partial charge in [-0.15, -0.1) is 0 Å². The van der Waals surface area contributed by atoms with Gasteiger partial charge in [0.05, 0.1) is 5.70 Å². The number of aliphatic imine (C=N–C) groups is 1. The van der Waals surface area contributed by atoms with Crippen LogP contribution in [-0.4, -0.2) is 29.7 Å². The summed E-state index contributed by atoms with van der Waals surface area (Å²) >= 11 is 1.32. The largest absolute Gasteiger partial charge is 0.347 e. The highest BCUT2D eigenvalue weighted by molar-refractivity contribution is 7.17. The van der Waals surface area contributed by atoms with Crippen molar-refractivity contribution in [2.75, 3.05) is 11.4 Å². The molecule has 0 unspecified atom stereocenters. The van der Waals surface area contributed by atoms with Crippen molar-refractivity contribution in [3.63, 3.8) is 0 Å². The number of aromatic nitrogens is 1. The number of nitrogens with zero attached hydrogens (tertiary/aromatic N) is 3. The molecule has 27 heavy (non-hydrogen) atoms. The summed E-state index contributed by atoms with van der Waals surface area (Å²) in [6.45, 7) is 11.1. The molecule has 1 aromatic carbocycles. The van der Waals surface area contributed by atoms with Gasteiger partial charge in [-0.05, 0) is 37.8 Å². The Labute approximate surface area is 164 Å². The number of hydrogen-bond acceptors (Lipinski definition) is 5. The summed E-state index contributed by atoms with van der Waals surface area (Å²) in [5.74, 6) is -0.137. The monoisotopic (exact) mass is 382 g/mol. The second-order valence-electron chi connectivity index (χ2n) is 6.52. The van der Waals surface area contributed by atoms with Crippen LogP contribution in [0.1, 0.15) is 54.7 Å². The van der Waals surface area contributed by atoms with Gasteiger partial charge >= 0.3 is 0 Å². The second kappa shape index (κ2) is 8.48. The zero-order valence-electron chi connectivity index (χ0n) is 16.2. The zero-order chi connectivity index (χ0) is 19.4. The fourth-order valence-corrected chi connectivity index (χ4v) is 4.18. The molecule has 1 N–H and O–H groups in total. The molecular formula is C21H26N4OS. The molecule has 3 rings (SSSR count). The maximum absolute atomic E-state index is 12.6. The lowest BCUT2D eigenvalue weighted by atomic mass is 10.2. The fourth-order valence-electron chi connectivity index (χ4n) is 3.29. The Morgan fingerprint density at radius 3 is 2.85 bits per heavy atom. The number of carbonyl (C=O) groups is 1. The Kier molecular flexibility index (Phi) is 6.06. The van der Waals surface area contributed by atoms with Crippen LogP contribution in [0.2, 0.25) is 0 Å². The normalized spacial score (nSPS) is 13.4. The van der Waals surface area contributed by atoms with Gasteiger partial charge in [-0.2, -0.15) is 0 Å². The number of para-hydroxylation sites is 1. The van der Waals surface area contributed by atoms with Gasteiger partial charge in [0.25, 0.3) is 5.91 Å². The molecule has 6 heteroatoms.